The van der Waals surface area contributed by atoms with Gasteiger partial charge in [0.05, 0.1) is 11.3 Å². The van der Waals surface area contributed by atoms with E-state index in [4.69, 9.17) is 9.15 Å². The van der Waals surface area contributed by atoms with Crippen molar-refractivity contribution in [2.75, 3.05) is 4.72 Å². The minimum Gasteiger partial charge on any atom is -0.457 e. The van der Waals surface area contributed by atoms with Crippen LogP contribution in [0.3, 0.4) is 0 Å². The third-order valence-corrected chi connectivity index (χ3v) is 7.26. The summed E-state index contributed by atoms with van der Waals surface area (Å²) < 4.78 is 38.2. The number of anilines is 1. The first kappa shape index (κ1) is 20.8. The standard InChI is InChI=1S/C22H17NO6S2/c1-14-8-9-16-15(12-20(24)29-19(16)11-14)13-28-22(25)17-5-2-3-6-18(17)23-31(26,27)21-7-4-10-30-21/h2-12,23H,13H2,1H3. The molecule has 0 saturated carbocycles. The van der Waals surface area contributed by atoms with Gasteiger partial charge in [0.2, 0.25) is 0 Å². The Morgan fingerprint density at radius 3 is 2.68 bits per heavy atom. The molecule has 0 radical (unpaired) electrons. The Balaban J connectivity index is 1.58. The van der Waals surface area contributed by atoms with Crippen molar-refractivity contribution < 1.29 is 22.4 Å². The summed E-state index contributed by atoms with van der Waals surface area (Å²) in [5.41, 5.74) is 1.45. The van der Waals surface area contributed by atoms with Crippen LogP contribution < -0.4 is 10.3 Å². The molecule has 1 N–H and O–H groups in total. The molecule has 0 aliphatic rings. The van der Waals surface area contributed by atoms with Gasteiger partial charge in [-0.05, 0) is 42.1 Å². The molecule has 4 rings (SSSR count). The van der Waals surface area contributed by atoms with E-state index in [-0.39, 0.29) is 22.1 Å². The van der Waals surface area contributed by atoms with Gasteiger partial charge >= 0.3 is 11.6 Å². The van der Waals surface area contributed by atoms with Gasteiger partial charge in [0.1, 0.15) is 16.4 Å². The number of benzene rings is 2. The van der Waals surface area contributed by atoms with Crippen LogP contribution in [0.4, 0.5) is 5.69 Å². The smallest absolute Gasteiger partial charge is 0.340 e. The number of carbonyl (C=O) groups is 1. The molecular formula is C22H17NO6S2. The van der Waals surface area contributed by atoms with Crippen LogP contribution in [0.15, 0.2) is 79.5 Å². The highest BCUT2D eigenvalue weighted by Crippen LogP contribution is 2.24. The Labute approximate surface area is 182 Å². The second kappa shape index (κ2) is 8.37. The molecule has 2 aromatic heterocycles. The summed E-state index contributed by atoms with van der Waals surface area (Å²) in [5.74, 6) is -0.724. The van der Waals surface area contributed by atoms with Crippen LogP contribution in [-0.4, -0.2) is 14.4 Å². The number of para-hydroxylation sites is 1. The van der Waals surface area contributed by atoms with Crippen molar-refractivity contribution in [1.82, 2.24) is 0 Å². The van der Waals surface area contributed by atoms with Gasteiger partial charge < -0.3 is 9.15 Å². The van der Waals surface area contributed by atoms with Crippen LogP contribution in [0.25, 0.3) is 11.0 Å². The van der Waals surface area contributed by atoms with Crippen LogP contribution >= 0.6 is 11.3 Å². The minimum atomic E-state index is -3.82. The van der Waals surface area contributed by atoms with E-state index >= 15 is 0 Å². The SMILES string of the molecule is Cc1ccc2c(COC(=O)c3ccccc3NS(=O)(=O)c3cccs3)cc(=O)oc2c1. The summed E-state index contributed by atoms with van der Waals surface area (Å²) >= 11 is 1.07. The number of carbonyl (C=O) groups excluding carboxylic acids is 1. The molecule has 4 aromatic rings. The molecule has 0 unspecified atom stereocenters. The first-order valence-corrected chi connectivity index (χ1v) is 11.6. The lowest BCUT2D eigenvalue weighted by Crippen LogP contribution is -2.16. The van der Waals surface area contributed by atoms with Gasteiger partial charge in [0, 0.05) is 17.0 Å². The second-order valence-electron chi connectivity index (χ2n) is 6.75. The Morgan fingerprint density at radius 1 is 1.10 bits per heavy atom. The monoisotopic (exact) mass is 455 g/mol. The van der Waals surface area contributed by atoms with Gasteiger partial charge in [-0.15, -0.1) is 11.3 Å². The second-order valence-corrected chi connectivity index (χ2v) is 9.61. The van der Waals surface area contributed by atoms with E-state index in [0.717, 1.165) is 16.9 Å². The molecule has 9 heteroatoms. The fraction of sp³-hybridized carbons (Fsp3) is 0.0909. The quantitative estimate of drug-likeness (QED) is 0.343. The highest BCUT2D eigenvalue weighted by Gasteiger charge is 2.20. The van der Waals surface area contributed by atoms with Crippen LogP contribution in [0.5, 0.6) is 0 Å². The van der Waals surface area contributed by atoms with Crippen molar-refractivity contribution >= 4 is 44.0 Å². The summed E-state index contributed by atoms with van der Waals surface area (Å²) in [6, 6.07) is 15.9. The summed E-state index contributed by atoms with van der Waals surface area (Å²) in [7, 11) is -3.82. The van der Waals surface area contributed by atoms with E-state index in [9.17, 15) is 18.0 Å². The number of fused-ring (bicyclic) bond motifs is 1. The third kappa shape index (κ3) is 4.52. The van der Waals surface area contributed by atoms with Gasteiger partial charge in [0.15, 0.2) is 0 Å². The highest BCUT2D eigenvalue weighted by molar-refractivity contribution is 7.94. The van der Waals surface area contributed by atoms with Crippen molar-refractivity contribution in [1.29, 1.82) is 0 Å². The Morgan fingerprint density at radius 2 is 1.90 bits per heavy atom. The van der Waals surface area contributed by atoms with Crippen molar-refractivity contribution in [2.24, 2.45) is 0 Å². The summed E-state index contributed by atoms with van der Waals surface area (Å²) in [6.07, 6.45) is 0. The topological polar surface area (TPSA) is 103 Å². The van der Waals surface area contributed by atoms with E-state index in [0.29, 0.717) is 16.5 Å². The van der Waals surface area contributed by atoms with Gasteiger partial charge in [-0.3, -0.25) is 4.72 Å². The first-order valence-electron chi connectivity index (χ1n) is 9.19. The van der Waals surface area contributed by atoms with Crippen LogP contribution in [-0.2, 0) is 21.4 Å². The molecule has 0 bridgehead atoms. The molecule has 0 aliphatic heterocycles. The zero-order chi connectivity index (χ0) is 22.0. The lowest BCUT2D eigenvalue weighted by Gasteiger charge is -2.12. The third-order valence-electron chi connectivity index (χ3n) is 4.50. The Hall–Kier alpha value is -3.43. The zero-order valence-electron chi connectivity index (χ0n) is 16.3. The molecule has 0 spiro atoms. The van der Waals surface area contributed by atoms with Crippen LogP contribution in [0.1, 0.15) is 21.5 Å². The Bertz CT molecular complexity index is 1420. The Kier molecular flexibility index (Phi) is 5.62. The normalized spacial score (nSPS) is 11.4. The molecule has 0 fully saturated rings. The van der Waals surface area contributed by atoms with E-state index < -0.39 is 21.6 Å². The number of hydrogen-bond donors (Lipinski definition) is 1. The lowest BCUT2D eigenvalue weighted by atomic mass is 10.1. The molecule has 0 saturated heterocycles. The fourth-order valence-corrected chi connectivity index (χ4v) is 5.11. The predicted octanol–water partition coefficient (Wildman–Crippen LogP) is 4.32. The molecule has 0 atom stereocenters. The van der Waals surface area contributed by atoms with Crippen molar-refractivity contribution in [3.63, 3.8) is 0 Å². The van der Waals surface area contributed by atoms with Crippen LogP contribution in [0.2, 0.25) is 0 Å². The van der Waals surface area contributed by atoms with E-state index in [1.807, 2.05) is 13.0 Å². The predicted molar refractivity (Wildman–Crippen MR) is 118 cm³/mol. The summed E-state index contributed by atoms with van der Waals surface area (Å²) in [5, 5.41) is 2.31. The molecule has 7 nitrogen and oxygen atoms in total. The van der Waals surface area contributed by atoms with Gasteiger partial charge in [0.25, 0.3) is 10.0 Å². The van der Waals surface area contributed by atoms with E-state index in [1.54, 1.807) is 35.7 Å². The van der Waals surface area contributed by atoms with Gasteiger partial charge in [-0.25, -0.2) is 18.0 Å². The average molecular weight is 456 g/mol. The number of hydrogen-bond acceptors (Lipinski definition) is 7. The maximum absolute atomic E-state index is 12.7. The number of thiophene rings is 1. The number of nitrogens with one attached hydrogen (secondary N) is 1. The molecule has 2 heterocycles. The maximum atomic E-state index is 12.7. The number of aryl methyl sites for hydroxylation is 1. The lowest BCUT2D eigenvalue weighted by molar-refractivity contribution is 0.0475. The number of rotatable bonds is 6. The largest absolute Gasteiger partial charge is 0.457 e. The summed E-state index contributed by atoms with van der Waals surface area (Å²) in [4.78, 5) is 24.6. The number of esters is 1. The van der Waals surface area contributed by atoms with E-state index in [2.05, 4.69) is 4.72 Å². The average Bonchev–Trinajstić information content (AvgIpc) is 3.27. The van der Waals surface area contributed by atoms with E-state index in [1.165, 1.54) is 24.3 Å². The molecular weight excluding hydrogens is 438 g/mol. The molecule has 0 aliphatic carbocycles. The van der Waals surface area contributed by atoms with Crippen molar-refractivity contribution in [3.8, 4) is 0 Å². The molecule has 2 aromatic carbocycles. The van der Waals surface area contributed by atoms with Crippen molar-refractivity contribution in [3.05, 3.63) is 93.2 Å². The minimum absolute atomic E-state index is 0.0609. The molecule has 31 heavy (non-hydrogen) atoms. The fourth-order valence-electron chi connectivity index (χ4n) is 3.04. The number of ether oxygens (including phenoxy) is 1. The van der Waals surface area contributed by atoms with Crippen LogP contribution in [0, 0.1) is 6.92 Å². The molecule has 0 amide bonds. The summed E-state index contributed by atoms with van der Waals surface area (Å²) in [6.45, 7) is 1.70. The maximum Gasteiger partial charge on any atom is 0.340 e. The zero-order valence-corrected chi connectivity index (χ0v) is 18.0. The van der Waals surface area contributed by atoms with Gasteiger partial charge in [-0.2, -0.15) is 0 Å². The highest BCUT2D eigenvalue weighted by atomic mass is 32.2. The first-order chi connectivity index (χ1) is 14.8. The van der Waals surface area contributed by atoms with Crippen molar-refractivity contribution in [2.45, 2.75) is 17.7 Å². The van der Waals surface area contributed by atoms with Gasteiger partial charge in [-0.1, -0.05) is 30.3 Å². The molecule has 158 valence electrons. The number of sulfonamides is 1.